The molecule has 0 aliphatic carbocycles. The molecular formula is C24H26FN5O2. The number of piperazine rings is 3. The van der Waals surface area contributed by atoms with E-state index in [9.17, 15) is 9.18 Å². The molecule has 0 atom stereocenters. The van der Waals surface area contributed by atoms with Crippen molar-refractivity contribution in [3.8, 4) is 6.07 Å². The lowest BCUT2D eigenvalue weighted by Gasteiger charge is -2.41. The van der Waals surface area contributed by atoms with Crippen molar-refractivity contribution in [1.82, 2.24) is 14.8 Å². The highest BCUT2D eigenvalue weighted by molar-refractivity contribution is 6.10. The number of hydrogen-bond donors (Lipinski definition) is 1. The fourth-order valence-corrected chi connectivity index (χ4v) is 4.15. The van der Waals surface area contributed by atoms with Crippen LogP contribution in [0.3, 0.4) is 0 Å². The van der Waals surface area contributed by atoms with Crippen LogP contribution in [-0.2, 0) is 4.74 Å². The number of rotatable bonds is 3. The van der Waals surface area contributed by atoms with E-state index >= 15 is 0 Å². The molecule has 2 aromatic carbocycles. The quantitative estimate of drug-likeness (QED) is 0.636. The van der Waals surface area contributed by atoms with Gasteiger partial charge < -0.3 is 14.6 Å². The number of hydrogen-bond acceptors (Lipinski definition) is 6. The molecule has 2 bridgehead atoms. The zero-order valence-corrected chi connectivity index (χ0v) is 18.3. The average Bonchev–Trinajstić information content (AvgIpc) is 3.23. The molecule has 3 aromatic rings. The summed E-state index contributed by atoms with van der Waals surface area (Å²) in [5.41, 5.74) is 2.02. The van der Waals surface area contributed by atoms with Gasteiger partial charge in [0.05, 0.1) is 18.7 Å². The lowest BCUT2D eigenvalue weighted by Crippen LogP contribution is -2.55. The number of nitriles is 1. The fourth-order valence-electron chi connectivity index (χ4n) is 4.15. The molecule has 3 saturated heterocycles. The first-order chi connectivity index (χ1) is 15.5. The summed E-state index contributed by atoms with van der Waals surface area (Å²) in [6, 6.07) is 13.1. The van der Waals surface area contributed by atoms with Crippen LogP contribution in [-0.4, -0.2) is 74.2 Å². The molecule has 3 aliphatic heterocycles. The van der Waals surface area contributed by atoms with Gasteiger partial charge in [-0.3, -0.25) is 9.80 Å². The van der Waals surface area contributed by atoms with Crippen molar-refractivity contribution in [2.24, 2.45) is 0 Å². The Balaban J connectivity index is 0.000000254. The third-order valence-corrected chi connectivity index (χ3v) is 6.03. The molecule has 1 aromatic heterocycles. The summed E-state index contributed by atoms with van der Waals surface area (Å²) in [4.78, 5) is 22.1. The van der Waals surface area contributed by atoms with Crippen LogP contribution in [0.2, 0.25) is 0 Å². The zero-order chi connectivity index (χ0) is 22.7. The molecule has 0 radical (unpaired) electrons. The second-order valence-electron chi connectivity index (χ2n) is 7.93. The number of carbonyl (C=O) groups is 1. The lowest BCUT2D eigenvalue weighted by molar-refractivity contribution is 0.0604. The number of fused-ring (bicyclic) bond motifs is 4. The summed E-state index contributed by atoms with van der Waals surface area (Å²) >= 11 is 0. The van der Waals surface area contributed by atoms with Gasteiger partial charge in [0, 0.05) is 62.9 Å². The van der Waals surface area contributed by atoms with Gasteiger partial charge in [0.1, 0.15) is 17.2 Å². The minimum Gasteiger partial charge on any atom is -0.465 e. The van der Waals surface area contributed by atoms with Crippen molar-refractivity contribution in [3.05, 3.63) is 59.4 Å². The van der Waals surface area contributed by atoms with Gasteiger partial charge in [-0.2, -0.15) is 5.26 Å². The van der Waals surface area contributed by atoms with Crippen LogP contribution in [0.15, 0.2) is 42.5 Å². The molecule has 0 saturated carbocycles. The summed E-state index contributed by atoms with van der Waals surface area (Å²) in [7, 11) is 3.02. The van der Waals surface area contributed by atoms with E-state index in [2.05, 4.69) is 20.9 Å². The number of anilines is 2. The SMILES string of the molecule is C1CN2CCN1CC2.COC(=O)c1c(N(C)c2cccc(F)c2)[nH]c2cc(C#N)ccc12. The molecule has 4 heterocycles. The first-order valence-electron chi connectivity index (χ1n) is 10.6. The van der Waals surface area contributed by atoms with Gasteiger partial charge in [-0.1, -0.05) is 12.1 Å². The number of benzene rings is 2. The van der Waals surface area contributed by atoms with E-state index in [0.29, 0.717) is 33.5 Å². The molecule has 0 amide bonds. The number of halogens is 1. The van der Waals surface area contributed by atoms with Gasteiger partial charge in [-0.15, -0.1) is 0 Å². The number of methoxy groups -OCH3 is 1. The van der Waals surface area contributed by atoms with Gasteiger partial charge in [-0.05, 0) is 30.3 Å². The van der Waals surface area contributed by atoms with Crippen molar-refractivity contribution in [2.75, 3.05) is 58.3 Å². The molecule has 1 N–H and O–H groups in total. The maximum absolute atomic E-state index is 13.5. The standard InChI is InChI=1S/C18H14FN3O2.C6H12N2/c1-22(13-5-3-4-12(19)9-13)17-16(18(23)24-2)14-7-6-11(10-20)8-15(14)21-17;1-2-8-5-3-7(1)4-6-8/h3-9,21H,1-2H3;1-6H2. The number of aromatic amines is 1. The van der Waals surface area contributed by atoms with E-state index in [-0.39, 0.29) is 5.82 Å². The van der Waals surface area contributed by atoms with E-state index in [4.69, 9.17) is 10.00 Å². The normalized spacial score (nSPS) is 19.1. The highest BCUT2D eigenvalue weighted by atomic mass is 19.1. The van der Waals surface area contributed by atoms with Crippen molar-refractivity contribution in [3.63, 3.8) is 0 Å². The van der Waals surface area contributed by atoms with Crippen LogP contribution < -0.4 is 4.90 Å². The maximum atomic E-state index is 13.5. The average molecular weight is 436 g/mol. The van der Waals surface area contributed by atoms with Crippen molar-refractivity contribution >= 4 is 28.4 Å². The largest absolute Gasteiger partial charge is 0.465 e. The van der Waals surface area contributed by atoms with E-state index in [0.717, 1.165) is 0 Å². The zero-order valence-electron chi connectivity index (χ0n) is 18.3. The second kappa shape index (κ2) is 9.39. The number of aromatic nitrogens is 1. The highest BCUT2D eigenvalue weighted by Gasteiger charge is 2.23. The first kappa shape index (κ1) is 21.8. The van der Waals surface area contributed by atoms with E-state index < -0.39 is 5.97 Å². The lowest BCUT2D eigenvalue weighted by atomic mass is 10.1. The van der Waals surface area contributed by atoms with Crippen molar-refractivity contribution < 1.29 is 13.9 Å². The number of nitrogens with one attached hydrogen (secondary N) is 1. The third-order valence-electron chi connectivity index (χ3n) is 6.03. The Bertz CT molecular complexity index is 1140. The number of ether oxygens (including phenoxy) is 1. The number of H-pyrrole nitrogens is 1. The van der Waals surface area contributed by atoms with Gasteiger partial charge in [0.25, 0.3) is 0 Å². The predicted octanol–water partition coefficient (Wildman–Crippen LogP) is 3.35. The van der Waals surface area contributed by atoms with Crippen molar-refractivity contribution in [1.29, 1.82) is 5.26 Å². The molecular weight excluding hydrogens is 409 g/mol. The smallest absolute Gasteiger partial charge is 0.342 e. The minimum atomic E-state index is -0.510. The summed E-state index contributed by atoms with van der Waals surface area (Å²) < 4.78 is 18.4. The molecule has 0 unspecified atom stereocenters. The van der Waals surface area contributed by atoms with Gasteiger partial charge in [0.15, 0.2) is 0 Å². The number of esters is 1. The van der Waals surface area contributed by atoms with E-state index in [1.165, 1.54) is 58.5 Å². The molecule has 7 nitrogen and oxygen atoms in total. The van der Waals surface area contributed by atoms with E-state index in [1.807, 2.05) is 0 Å². The van der Waals surface area contributed by atoms with Gasteiger partial charge in [-0.25, -0.2) is 9.18 Å². The maximum Gasteiger partial charge on any atom is 0.342 e. The summed E-state index contributed by atoms with van der Waals surface area (Å²) in [5.74, 6) is -0.413. The molecule has 0 spiro atoms. The first-order valence-corrected chi connectivity index (χ1v) is 10.6. The van der Waals surface area contributed by atoms with Crippen LogP contribution in [0, 0.1) is 17.1 Å². The Kier molecular flexibility index (Phi) is 6.40. The fraction of sp³-hybridized carbons (Fsp3) is 0.333. The molecule has 8 heteroatoms. The Morgan fingerprint density at radius 2 is 1.75 bits per heavy atom. The van der Waals surface area contributed by atoms with Crippen LogP contribution in [0.25, 0.3) is 10.9 Å². The molecule has 166 valence electrons. The van der Waals surface area contributed by atoms with Crippen LogP contribution in [0.5, 0.6) is 0 Å². The topological polar surface area (TPSA) is 75.6 Å². The monoisotopic (exact) mass is 435 g/mol. The molecule has 6 rings (SSSR count). The van der Waals surface area contributed by atoms with Crippen LogP contribution in [0.4, 0.5) is 15.9 Å². The van der Waals surface area contributed by atoms with Gasteiger partial charge >= 0.3 is 5.97 Å². The Labute approximate surface area is 186 Å². The summed E-state index contributed by atoms with van der Waals surface area (Å²) in [6.45, 7) is 7.92. The van der Waals surface area contributed by atoms with Gasteiger partial charge in [0.2, 0.25) is 0 Å². The summed E-state index contributed by atoms with van der Waals surface area (Å²) in [6.07, 6.45) is 0. The van der Waals surface area contributed by atoms with Crippen molar-refractivity contribution in [2.45, 2.75) is 0 Å². The molecule has 3 fully saturated rings. The Morgan fingerprint density at radius 1 is 1.09 bits per heavy atom. The second-order valence-corrected chi connectivity index (χ2v) is 7.93. The van der Waals surface area contributed by atoms with Crippen LogP contribution >= 0.6 is 0 Å². The third kappa shape index (κ3) is 4.44. The molecule has 3 aliphatic rings. The number of carbonyl (C=O) groups excluding carboxylic acids is 1. The van der Waals surface area contributed by atoms with Crippen LogP contribution in [0.1, 0.15) is 15.9 Å². The minimum absolute atomic E-state index is 0.337. The predicted molar refractivity (Wildman–Crippen MR) is 122 cm³/mol. The highest BCUT2D eigenvalue weighted by Crippen LogP contribution is 2.33. The molecule has 32 heavy (non-hydrogen) atoms. The Morgan fingerprint density at radius 3 is 2.28 bits per heavy atom. The summed E-state index contributed by atoms with van der Waals surface area (Å²) in [5, 5.41) is 9.68. The Hall–Kier alpha value is -3.41. The van der Waals surface area contributed by atoms with E-state index in [1.54, 1.807) is 42.3 Å². The number of nitrogens with zero attached hydrogens (tertiary/aromatic N) is 4.